The second kappa shape index (κ2) is 10.7. The van der Waals surface area contributed by atoms with Gasteiger partial charge in [0.05, 0.1) is 41.2 Å². The van der Waals surface area contributed by atoms with Gasteiger partial charge in [-0.2, -0.15) is 0 Å². The quantitative estimate of drug-likeness (QED) is 0.465. The first-order valence-corrected chi connectivity index (χ1v) is 12.4. The fourth-order valence-electron chi connectivity index (χ4n) is 4.42. The van der Waals surface area contributed by atoms with Crippen molar-refractivity contribution in [3.05, 3.63) is 51.6 Å². The van der Waals surface area contributed by atoms with Crippen LogP contribution in [0.2, 0.25) is 5.02 Å². The number of aromatic nitrogens is 2. The van der Waals surface area contributed by atoms with Crippen LogP contribution < -0.4 is 4.74 Å². The monoisotopic (exact) mass is 499 g/mol. The molecule has 1 atom stereocenters. The number of carboxylic acid groups (broad SMARTS) is 1. The lowest BCUT2D eigenvalue weighted by Gasteiger charge is -2.38. The maximum absolute atomic E-state index is 12.3. The van der Waals surface area contributed by atoms with Crippen LogP contribution in [0.4, 0.5) is 0 Å². The van der Waals surface area contributed by atoms with E-state index in [0.717, 1.165) is 5.69 Å². The summed E-state index contributed by atoms with van der Waals surface area (Å²) in [5.74, 6) is 5.97. The highest BCUT2D eigenvalue weighted by Crippen LogP contribution is 2.41. The van der Waals surface area contributed by atoms with Crippen molar-refractivity contribution in [2.24, 2.45) is 5.41 Å². The first-order chi connectivity index (χ1) is 16.4. The number of likely N-dealkylation sites (tertiary alicyclic amines) is 1. The van der Waals surface area contributed by atoms with Crippen LogP contribution in [-0.4, -0.2) is 57.8 Å². The van der Waals surface area contributed by atoms with Crippen molar-refractivity contribution in [1.29, 1.82) is 0 Å². The van der Waals surface area contributed by atoms with Crippen LogP contribution in [0.3, 0.4) is 0 Å². The summed E-state index contributed by atoms with van der Waals surface area (Å²) in [6.07, 6.45) is 2.26. The van der Waals surface area contributed by atoms with Gasteiger partial charge in [-0.15, -0.1) is 11.3 Å². The summed E-state index contributed by atoms with van der Waals surface area (Å²) in [5, 5.41) is 24.1. The van der Waals surface area contributed by atoms with Crippen LogP contribution in [0.15, 0.2) is 35.3 Å². The topological polar surface area (TPSA) is 95.8 Å². The minimum Gasteiger partial charge on any atom is -0.497 e. The van der Waals surface area contributed by atoms with Crippen LogP contribution in [0.5, 0.6) is 5.75 Å². The molecule has 1 aliphatic heterocycles. The lowest BCUT2D eigenvalue weighted by Crippen LogP contribution is -2.44. The molecule has 0 radical (unpaired) electrons. The van der Waals surface area contributed by atoms with Gasteiger partial charge in [0.1, 0.15) is 11.4 Å². The number of fused-ring (bicyclic) bond motifs is 1. The summed E-state index contributed by atoms with van der Waals surface area (Å²) in [6.45, 7) is 1.87. The van der Waals surface area contributed by atoms with Gasteiger partial charge in [-0.25, -0.2) is 4.98 Å². The molecule has 1 aromatic carbocycles. The van der Waals surface area contributed by atoms with Gasteiger partial charge in [0, 0.05) is 35.6 Å². The predicted molar refractivity (Wildman–Crippen MR) is 132 cm³/mol. The first-order valence-electron chi connectivity index (χ1n) is 11.0. The number of benzene rings is 1. The fraction of sp³-hybridized carbons (Fsp3) is 0.400. The minimum absolute atomic E-state index is 0.284. The van der Waals surface area contributed by atoms with Crippen LogP contribution in [-0.2, 0) is 4.79 Å². The Bertz CT molecular complexity index is 1210. The molecule has 0 aliphatic carbocycles. The second-order valence-corrected chi connectivity index (χ2v) is 9.62. The van der Waals surface area contributed by atoms with E-state index in [9.17, 15) is 15.0 Å². The first kappa shape index (κ1) is 24.4. The van der Waals surface area contributed by atoms with Crippen molar-refractivity contribution in [3.8, 4) is 17.6 Å². The highest BCUT2D eigenvalue weighted by Gasteiger charge is 2.41. The van der Waals surface area contributed by atoms with Gasteiger partial charge in [0.2, 0.25) is 0 Å². The summed E-state index contributed by atoms with van der Waals surface area (Å²) in [4.78, 5) is 22.9. The Balaban J connectivity index is 1.43. The van der Waals surface area contributed by atoms with E-state index in [-0.39, 0.29) is 6.42 Å². The maximum atomic E-state index is 12.3. The highest BCUT2D eigenvalue weighted by atomic mass is 35.5. The van der Waals surface area contributed by atoms with E-state index in [1.807, 2.05) is 11.4 Å². The van der Waals surface area contributed by atoms with Gasteiger partial charge in [0.15, 0.2) is 0 Å². The summed E-state index contributed by atoms with van der Waals surface area (Å²) in [6, 6.07) is 5.41. The lowest BCUT2D eigenvalue weighted by atomic mass is 9.74. The lowest BCUT2D eigenvalue weighted by molar-refractivity contribution is -0.153. The zero-order valence-corrected chi connectivity index (χ0v) is 20.4. The summed E-state index contributed by atoms with van der Waals surface area (Å²) in [5.41, 5.74) is 2.88. The Hall–Kier alpha value is -2.70. The van der Waals surface area contributed by atoms with Gasteiger partial charge in [-0.3, -0.25) is 14.7 Å². The molecule has 7 nitrogen and oxygen atoms in total. The second-order valence-electron chi connectivity index (χ2n) is 8.49. The number of nitrogens with zero attached hydrogens (tertiary/aromatic N) is 3. The molecular weight excluding hydrogens is 474 g/mol. The predicted octanol–water partition coefficient (Wildman–Crippen LogP) is 4.39. The molecule has 0 unspecified atom stereocenters. The number of thiazole rings is 1. The molecule has 0 spiro atoms. The number of hydrogen-bond acceptors (Lipinski definition) is 7. The van der Waals surface area contributed by atoms with Crippen molar-refractivity contribution in [2.45, 2.75) is 31.8 Å². The number of carboxylic acids is 1. The van der Waals surface area contributed by atoms with E-state index in [1.54, 1.807) is 24.8 Å². The summed E-state index contributed by atoms with van der Waals surface area (Å²) < 4.78 is 5.31. The van der Waals surface area contributed by atoms with Crippen molar-refractivity contribution in [2.75, 3.05) is 26.7 Å². The summed E-state index contributed by atoms with van der Waals surface area (Å²) >= 11 is 7.92. The molecule has 34 heavy (non-hydrogen) atoms. The average molecular weight is 500 g/mol. The molecule has 2 aromatic heterocycles. The number of hydrogen-bond donors (Lipinski definition) is 2. The van der Waals surface area contributed by atoms with E-state index in [1.165, 1.54) is 17.5 Å². The number of aliphatic hydroxyl groups excluding tert-OH is 1. The third-order valence-corrected chi connectivity index (χ3v) is 7.40. The number of carbonyl (C=O) groups is 1. The molecule has 1 fully saturated rings. The highest BCUT2D eigenvalue weighted by molar-refractivity contribution is 7.07. The Kier molecular flexibility index (Phi) is 7.69. The average Bonchev–Trinajstić information content (AvgIpc) is 3.36. The molecule has 9 heteroatoms. The third kappa shape index (κ3) is 5.34. The summed E-state index contributed by atoms with van der Waals surface area (Å²) in [7, 11) is 1.57. The number of pyridine rings is 1. The third-order valence-electron chi connectivity index (χ3n) is 6.52. The fourth-order valence-corrected chi connectivity index (χ4v) is 5.18. The van der Waals surface area contributed by atoms with E-state index in [2.05, 4.69) is 26.7 Å². The number of piperidine rings is 1. The van der Waals surface area contributed by atoms with Gasteiger partial charge >= 0.3 is 5.97 Å². The Morgan fingerprint density at radius 2 is 2.15 bits per heavy atom. The van der Waals surface area contributed by atoms with E-state index in [4.69, 9.17) is 16.3 Å². The van der Waals surface area contributed by atoms with Crippen LogP contribution in [0.1, 0.15) is 43.0 Å². The van der Waals surface area contributed by atoms with Gasteiger partial charge in [-0.1, -0.05) is 17.5 Å². The zero-order chi connectivity index (χ0) is 24.1. The molecule has 1 aliphatic rings. The molecule has 0 saturated carbocycles. The number of ether oxygens (including phenoxy) is 1. The Labute approximate surface area is 207 Å². The van der Waals surface area contributed by atoms with Crippen molar-refractivity contribution >= 4 is 39.8 Å². The normalized spacial score (nSPS) is 16.6. The van der Waals surface area contributed by atoms with E-state index >= 15 is 0 Å². The number of methoxy groups -OCH3 is 1. The van der Waals surface area contributed by atoms with Crippen LogP contribution >= 0.6 is 22.9 Å². The molecule has 0 amide bonds. The Morgan fingerprint density at radius 3 is 2.82 bits per heavy atom. The smallest absolute Gasteiger partial charge is 0.309 e. The molecule has 4 rings (SSSR count). The van der Waals surface area contributed by atoms with Crippen molar-refractivity contribution in [3.63, 3.8) is 0 Å². The van der Waals surface area contributed by atoms with E-state index in [0.29, 0.717) is 66.1 Å². The molecule has 0 bridgehead atoms. The molecule has 3 aromatic rings. The maximum Gasteiger partial charge on any atom is 0.309 e. The van der Waals surface area contributed by atoms with E-state index < -0.39 is 17.5 Å². The number of rotatable bonds is 7. The van der Waals surface area contributed by atoms with Gasteiger partial charge < -0.3 is 14.9 Å². The van der Waals surface area contributed by atoms with Crippen LogP contribution in [0, 0.1) is 17.3 Å². The molecule has 2 N–H and O–H groups in total. The van der Waals surface area contributed by atoms with Crippen molar-refractivity contribution in [1.82, 2.24) is 14.9 Å². The zero-order valence-electron chi connectivity index (χ0n) is 18.8. The number of halogens is 1. The largest absolute Gasteiger partial charge is 0.497 e. The SMILES string of the molecule is COc1ccc2ncc(Cl)c([C@H](O)CCC3(C(=O)O)CCN(CC#Cc4cscn4)CC3)c2c1. The minimum atomic E-state index is -0.914. The molecule has 178 valence electrons. The van der Waals surface area contributed by atoms with Gasteiger partial charge in [0.25, 0.3) is 0 Å². The molecular formula is C25H26ClN3O4S. The standard InChI is InChI=1S/C25H26ClN3O4S/c1-33-18-4-5-21-19(13-18)23(20(26)14-27-21)22(30)6-7-25(24(31)32)8-11-29(12-9-25)10-2-3-17-15-34-16-28-17/h4-5,13-16,22,30H,6-12H2,1H3,(H,31,32)/t22-/m1/s1. The van der Waals surface area contributed by atoms with Crippen molar-refractivity contribution < 1.29 is 19.7 Å². The van der Waals surface area contributed by atoms with Gasteiger partial charge in [-0.05, 0) is 49.8 Å². The number of aliphatic carboxylic acids is 1. The molecule has 1 saturated heterocycles. The number of aliphatic hydroxyl groups is 1. The van der Waals surface area contributed by atoms with Crippen LogP contribution in [0.25, 0.3) is 10.9 Å². The molecule has 3 heterocycles. The Morgan fingerprint density at radius 1 is 1.35 bits per heavy atom.